The van der Waals surface area contributed by atoms with Crippen molar-refractivity contribution in [2.24, 2.45) is 5.73 Å². The molecular formula is C14H21NO2S. The molecule has 3 nitrogen and oxygen atoms in total. The molecule has 0 saturated carbocycles. The van der Waals surface area contributed by atoms with Crippen molar-refractivity contribution < 1.29 is 9.90 Å². The Hall–Kier alpha value is -1.00. The van der Waals surface area contributed by atoms with Gasteiger partial charge in [-0.1, -0.05) is 24.6 Å². The zero-order chi connectivity index (χ0) is 13.9. The maximum absolute atomic E-state index is 11.0. The number of hydrogen-bond donors (Lipinski definition) is 2. The first kappa shape index (κ1) is 15.1. The summed E-state index contributed by atoms with van der Waals surface area (Å²) in [7, 11) is 0. The molecule has 4 heteroatoms. The molecular weight excluding hydrogens is 246 g/mol. The summed E-state index contributed by atoms with van der Waals surface area (Å²) >= 11 is 1.69. The molecule has 0 fully saturated rings. The normalized spacial score (nSPS) is 16.1. The molecule has 0 aromatic heterocycles. The Morgan fingerprint density at radius 3 is 2.67 bits per heavy atom. The first-order chi connectivity index (χ1) is 8.22. The van der Waals surface area contributed by atoms with Gasteiger partial charge in [0, 0.05) is 10.1 Å². The summed E-state index contributed by atoms with van der Waals surface area (Å²) in [4.78, 5) is 12.2. The van der Waals surface area contributed by atoms with E-state index in [4.69, 9.17) is 10.8 Å². The van der Waals surface area contributed by atoms with Crippen molar-refractivity contribution in [2.75, 3.05) is 0 Å². The smallest absolute Gasteiger partial charge is 0.323 e. The van der Waals surface area contributed by atoms with Crippen LogP contribution in [-0.2, 0) is 4.79 Å². The minimum atomic E-state index is -1.16. The molecule has 2 unspecified atom stereocenters. The van der Waals surface area contributed by atoms with Crippen LogP contribution < -0.4 is 5.73 Å². The fourth-order valence-electron chi connectivity index (χ4n) is 1.78. The molecule has 0 saturated heterocycles. The van der Waals surface area contributed by atoms with E-state index >= 15 is 0 Å². The molecule has 0 bridgehead atoms. The van der Waals surface area contributed by atoms with Crippen molar-refractivity contribution in [3.8, 4) is 0 Å². The van der Waals surface area contributed by atoms with Crippen LogP contribution in [0.1, 0.15) is 31.4 Å². The van der Waals surface area contributed by atoms with Gasteiger partial charge in [0.15, 0.2) is 0 Å². The first-order valence-electron chi connectivity index (χ1n) is 5.98. The van der Waals surface area contributed by atoms with Crippen LogP contribution in [0.5, 0.6) is 0 Å². The molecule has 0 amide bonds. The van der Waals surface area contributed by atoms with Gasteiger partial charge in [-0.2, -0.15) is 0 Å². The van der Waals surface area contributed by atoms with Gasteiger partial charge in [0.05, 0.1) is 0 Å². The predicted octanol–water partition coefficient (Wildman–Crippen LogP) is 2.98. The van der Waals surface area contributed by atoms with Crippen molar-refractivity contribution in [1.82, 2.24) is 0 Å². The number of rotatable bonds is 5. The van der Waals surface area contributed by atoms with Gasteiger partial charge in [-0.15, -0.1) is 11.8 Å². The van der Waals surface area contributed by atoms with E-state index in [9.17, 15) is 4.79 Å². The van der Waals surface area contributed by atoms with E-state index in [2.05, 4.69) is 32.0 Å². The molecule has 0 heterocycles. The lowest BCUT2D eigenvalue weighted by Gasteiger charge is -2.23. The highest BCUT2D eigenvalue weighted by Crippen LogP contribution is 2.31. The van der Waals surface area contributed by atoms with Crippen LogP contribution >= 0.6 is 11.8 Å². The molecule has 1 aromatic rings. The number of thioether (sulfide) groups is 1. The number of hydrogen-bond acceptors (Lipinski definition) is 3. The Morgan fingerprint density at radius 1 is 1.50 bits per heavy atom. The van der Waals surface area contributed by atoms with Crippen molar-refractivity contribution in [3.63, 3.8) is 0 Å². The van der Waals surface area contributed by atoms with Gasteiger partial charge in [0.2, 0.25) is 0 Å². The van der Waals surface area contributed by atoms with E-state index in [-0.39, 0.29) is 5.25 Å². The second-order valence-corrected chi connectivity index (χ2v) is 6.60. The Balaban J connectivity index is 2.73. The molecule has 1 aromatic carbocycles. The number of aliphatic carboxylic acids is 1. The Labute approximate surface area is 113 Å². The van der Waals surface area contributed by atoms with E-state index in [0.717, 1.165) is 0 Å². The van der Waals surface area contributed by atoms with Crippen molar-refractivity contribution >= 4 is 17.7 Å². The fourth-order valence-corrected chi connectivity index (χ4v) is 3.15. The van der Waals surface area contributed by atoms with Crippen LogP contribution in [0.3, 0.4) is 0 Å². The molecule has 1 rings (SSSR count). The minimum absolute atomic E-state index is 0.164. The third-order valence-corrected chi connectivity index (χ3v) is 4.13. The molecule has 0 aliphatic heterocycles. The quantitative estimate of drug-likeness (QED) is 0.805. The standard InChI is InChI=1S/C14H21NO2S/c1-9-5-6-10(2)12(7-9)18-11(3)8-14(4,15)13(16)17/h5-7,11H,8,15H2,1-4H3,(H,16,17). The topological polar surface area (TPSA) is 63.3 Å². The second-order valence-electron chi connectivity index (χ2n) is 5.12. The summed E-state index contributed by atoms with van der Waals surface area (Å²) in [6, 6.07) is 6.29. The van der Waals surface area contributed by atoms with Crippen molar-refractivity contribution in [2.45, 2.75) is 49.8 Å². The predicted molar refractivity (Wildman–Crippen MR) is 76.1 cm³/mol. The number of aryl methyl sites for hydroxylation is 2. The van der Waals surface area contributed by atoms with E-state index in [0.29, 0.717) is 6.42 Å². The highest BCUT2D eigenvalue weighted by molar-refractivity contribution is 8.00. The lowest BCUT2D eigenvalue weighted by molar-refractivity contribution is -0.142. The molecule has 3 N–H and O–H groups in total. The molecule has 100 valence electrons. The SMILES string of the molecule is Cc1ccc(C)c(SC(C)CC(C)(N)C(=O)O)c1. The lowest BCUT2D eigenvalue weighted by atomic mass is 9.98. The third kappa shape index (κ3) is 4.03. The number of carboxylic acid groups (broad SMARTS) is 1. The fraction of sp³-hybridized carbons (Fsp3) is 0.500. The van der Waals surface area contributed by atoms with Crippen LogP contribution in [0.4, 0.5) is 0 Å². The largest absolute Gasteiger partial charge is 0.480 e. The lowest BCUT2D eigenvalue weighted by Crippen LogP contribution is -2.46. The Bertz CT molecular complexity index is 443. The monoisotopic (exact) mass is 267 g/mol. The summed E-state index contributed by atoms with van der Waals surface area (Å²) in [5, 5.41) is 9.18. The van der Waals surface area contributed by atoms with Gasteiger partial charge in [0.25, 0.3) is 0 Å². The number of carboxylic acids is 1. The van der Waals surface area contributed by atoms with Crippen LogP contribution in [0.25, 0.3) is 0 Å². The van der Waals surface area contributed by atoms with Crippen molar-refractivity contribution in [1.29, 1.82) is 0 Å². The Morgan fingerprint density at radius 2 is 2.11 bits per heavy atom. The minimum Gasteiger partial charge on any atom is -0.480 e. The van der Waals surface area contributed by atoms with Crippen LogP contribution in [-0.4, -0.2) is 21.9 Å². The zero-order valence-electron chi connectivity index (χ0n) is 11.4. The van der Waals surface area contributed by atoms with Crippen LogP contribution in [0.2, 0.25) is 0 Å². The summed E-state index contributed by atoms with van der Waals surface area (Å²) in [5.41, 5.74) is 7.03. The van der Waals surface area contributed by atoms with Gasteiger partial charge < -0.3 is 10.8 Å². The zero-order valence-corrected chi connectivity index (χ0v) is 12.2. The molecule has 0 radical (unpaired) electrons. The Kier molecular flexibility index (Phi) is 4.82. The van der Waals surface area contributed by atoms with E-state index in [1.807, 2.05) is 6.92 Å². The molecule has 18 heavy (non-hydrogen) atoms. The van der Waals surface area contributed by atoms with Gasteiger partial charge in [0.1, 0.15) is 5.54 Å². The molecule has 0 aliphatic rings. The van der Waals surface area contributed by atoms with E-state index < -0.39 is 11.5 Å². The molecule has 0 aliphatic carbocycles. The van der Waals surface area contributed by atoms with Gasteiger partial charge in [-0.05, 0) is 38.8 Å². The molecule has 0 spiro atoms. The average molecular weight is 267 g/mol. The summed E-state index contributed by atoms with van der Waals surface area (Å²) < 4.78 is 0. The average Bonchev–Trinajstić information content (AvgIpc) is 2.22. The number of carbonyl (C=O) groups is 1. The summed E-state index contributed by atoms with van der Waals surface area (Å²) in [6.07, 6.45) is 0.445. The van der Waals surface area contributed by atoms with Gasteiger partial charge in [-0.25, -0.2) is 0 Å². The third-order valence-electron chi connectivity index (χ3n) is 2.87. The second kappa shape index (κ2) is 5.76. The van der Waals surface area contributed by atoms with E-state index in [1.54, 1.807) is 18.7 Å². The van der Waals surface area contributed by atoms with Crippen LogP contribution in [0.15, 0.2) is 23.1 Å². The number of benzene rings is 1. The highest BCUT2D eigenvalue weighted by atomic mass is 32.2. The molecule has 2 atom stereocenters. The van der Waals surface area contributed by atoms with E-state index in [1.165, 1.54) is 16.0 Å². The van der Waals surface area contributed by atoms with Crippen LogP contribution in [0, 0.1) is 13.8 Å². The summed E-state index contributed by atoms with van der Waals surface area (Å²) in [6.45, 7) is 7.70. The maximum atomic E-state index is 11.0. The maximum Gasteiger partial charge on any atom is 0.323 e. The number of nitrogens with two attached hydrogens (primary N) is 1. The van der Waals surface area contributed by atoms with Gasteiger partial charge in [-0.3, -0.25) is 4.79 Å². The van der Waals surface area contributed by atoms with Gasteiger partial charge >= 0.3 is 5.97 Å². The summed E-state index contributed by atoms with van der Waals surface area (Å²) in [5.74, 6) is -0.948. The first-order valence-corrected chi connectivity index (χ1v) is 6.86. The highest BCUT2D eigenvalue weighted by Gasteiger charge is 2.30. The van der Waals surface area contributed by atoms with Crippen molar-refractivity contribution in [3.05, 3.63) is 29.3 Å².